The lowest BCUT2D eigenvalue weighted by Gasteiger charge is -2.08. The number of carbonyl (C=O) groups is 2. The van der Waals surface area contributed by atoms with Crippen LogP contribution >= 0.6 is 22.9 Å². The topological polar surface area (TPSA) is 99.2 Å². The molecule has 1 amide bonds. The fourth-order valence-electron chi connectivity index (χ4n) is 3.75. The zero-order valence-electron chi connectivity index (χ0n) is 17.4. The summed E-state index contributed by atoms with van der Waals surface area (Å²) in [7, 11) is 0. The Morgan fingerprint density at radius 2 is 2.13 bits per heavy atom. The van der Waals surface area contributed by atoms with Crippen molar-refractivity contribution in [1.82, 2.24) is 14.9 Å². The number of rotatable bonds is 6. The maximum absolute atomic E-state index is 13.1. The van der Waals surface area contributed by atoms with Gasteiger partial charge in [-0.2, -0.15) is 5.10 Å². The molecule has 8 nitrogen and oxygen atoms in total. The Hall–Kier alpha value is -2.65. The summed E-state index contributed by atoms with van der Waals surface area (Å²) >= 11 is 7.39. The lowest BCUT2D eigenvalue weighted by atomic mass is 10.1. The lowest BCUT2D eigenvalue weighted by molar-refractivity contribution is 0.0527. The van der Waals surface area contributed by atoms with Crippen LogP contribution in [0.3, 0.4) is 0 Å². The molecule has 10 heteroatoms. The molecule has 0 saturated carbocycles. The van der Waals surface area contributed by atoms with E-state index in [0.717, 1.165) is 42.5 Å². The number of nitrogens with zero attached hydrogens (tertiary/aromatic N) is 3. The zero-order valence-corrected chi connectivity index (χ0v) is 18.9. The van der Waals surface area contributed by atoms with E-state index >= 15 is 0 Å². The Morgan fingerprint density at radius 1 is 1.32 bits per heavy atom. The number of anilines is 1. The van der Waals surface area contributed by atoms with Crippen molar-refractivity contribution in [3.05, 3.63) is 50.4 Å². The first-order chi connectivity index (χ1) is 15.0. The van der Waals surface area contributed by atoms with E-state index in [4.69, 9.17) is 20.9 Å². The zero-order chi connectivity index (χ0) is 22.0. The molecule has 1 N–H and O–H groups in total. The second-order valence-corrected chi connectivity index (χ2v) is 8.91. The molecule has 0 unspecified atom stereocenters. The van der Waals surface area contributed by atoms with Gasteiger partial charge in [0.2, 0.25) is 0 Å². The smallest absolute Gasteiger partial charge is 0.341 e. The third-order valence-corrected chi connectivity index (χ3v) is 6.65. The number of carbonyl (C=O) groups excluding carboxylic acids is 2. The van der Waals surface area contributed by atoms with E-state index in [-0.39, 0.29) is 18.8 Å². The van der Waals surface area contributed by atoms with Crippen LogP contribution in [0.25, 0.3) is 0 Å². The number of amides is 1. The largest absolute Gasteiger partial charge is 0.462 e. The number of hydrogen-bond donors (Lipinski definition) is 1. The van der Waals surface area contributed by atoms with Crippen molar-refractivity contribution in [1.29, 1.82) is 0 Å². The highest BCUT2D eigenvalue weighted by atomic mass is 35.5. The first kappa shape index (κ1) is 21.6. The molecule has 31 heavy (non-hydrogen) atoms. The van der Waals surface area contributed by atoms with Crippen LogP contribution in [-0.2, 0) is 24.1 Å². The third kappa shape index (κ3) is 4.52. The predicted octanol–water partition coefficient (Wildman–Crippen LogP) is 4.64. The summed E-state index contributed by atoms with van der Waals surface area (Å²) in [5, 5.41) is 12.0. The third-order valence-electron chi connectivity index (χ3n) is 5.25. The summed E-state index contributed by atoms with van der Waals surface area (Å²) in [6, 6.07) is 0. The number of aromatic nitrogens is 3. The minimum atomic E-state index is -0.438. The van der Waals surface area contributed by atoms with Crippen LogP contribution < -0.4 is 5.32 Å². The summed E-state index contributed by atoms with van der Waals surface area (Å²) in [5.41, 5.74) is 2.23. The highest BCUT2D eigenvalue weighted by Gasteiger charge is 2.28. The Labute approximate surface area is 188 Å². The van der Waals surface area contributed by atoms with Crippen LogP contribution in [0.1, 0.15) is 68.8 Å². The van der Waals surface area contributed by atoms with Crippen LogP contribution in [0, 0.1) is 6.92 Å². The number of thiophene rings is 1. The van der Waals surface area contributed by atoms with Crippen molar-refractivity contribution in [2.75, 3.05) is 11.9 Å². The maximum atomic E-state index is 13.1. The normalized spacial score (nSPS) is 13.5. The molecule has 3 aromatic heterocycles. The molecule has 0 aliphatic heterocycles. The minimum absolute atomic E-state index is 0.155. The predicted molar refractivity (Wildman–Crippen MR) is 117 cm³/mol. The van der Waals surface area contributed by atoms with Crippen molar-refractivity contribution in [2.24, 2.45) is 0 Å². The van der Waals surface area contributed by atoms with Gasteiger partial charge in [-0.3, -0.25) is 9.48 Å². The molecule has 0 spiro atoms. The summed E-state index contributed by atoms with van der Waals surface area (Å²) in [6.45, 7) is 4.07. The molecule has 4 rings (SSSR count). The molecule has 0 radical (unpaired) electrons. The van der Waals surface area contributed by atoms with E-state index in [2.05, 4.69) is 15.6 Å². The average Bonchev–Trinajstić information content (AvgIpc) is 3.35. The van der Waals surface area contributed by atoms with E-state index in [0.29, 0.717) is 26.9 Å². The van der Waals surface area contributed by atoms with Crippen molar-refractivity contribution in [2.45, 2.75) is 52.5 Å². The van der Waals surface area contributed by atoms with Gasteiger partial charge in [0, 0.05) is 16.6 Å². The fraction of sp³-hybridized carbons (Fsp3) is 0.429. The van der Waals surface area contributed by atoms with Crippen LogP contribution in [0.4, 0.5) is 5.00 Å². The Balaban J connectivity index is 1.64. The van der Waals surface area contributed by atoms with E-state index < -0.39 is 11.9 Å². The number of aryl methyl sites for hydroxylation is 2. The van der Waals surface area contributed by atoms with Crippen molar-refractivity contribution in [3.63, 3.8) is 0 Å². The molecule has 1 aliphatic carbocycles. The van der Waals surface area contributed by atoms with Crippen LogP contribution in [0.15, 0.2) is 16.9 Å². The van der Waals surface area contributed by atoms with Gasteiger partial charge in [-0.15, -0.1) is 11.3 Å². The van der Waals surface area contributed by atoms with Crippen molar-refractivity contribution >= 4 is 39.8 Å². The van der Waals surface area contributed by atoms with E-state index in [1.165, 1.54) is 17.5 Å². The van der Waals surface area contributed by atoms with Gasteiger partial charge >= 0.3 is 5.97 Å². The average molecular weight is 463 g/mol. The fourth-order valence-corrected chi connectivity index (χ4v) is 5.18. The molecule has 3 heterocycles. The second-order valence-electron chi connectivity index (χ2n) is 7.37. The Morgan fingerprint density at radius 3 is 2.87 bits per heavy atom. The van der Waals surface area contributed by atoms with Gasteiger partial charge in [0.15, 0.2) is 5.69 Å². The Kier molecular flexibility index (Phi) is 6.43. The van der Waals surface area contributed by atoms with E-state index in [9.17, 15) is 9.59 Å². The quantitative estimate of drug-likeness (QED) is 0.423. The lowest BCUT2D eigenvalue weighted by Crippen LogP contribution is -2.18. The molecular weight excluding hydrogens is 440 g/mol. The summed E-state index contributed by atoms with van der Waals surface area (Å²) in [5.74, 6) is -0.323. The van der Waals surface area contributed by atoms with Gasteiger partial charge in [0.25, 0.3) is 5.91 Å². The highest BCUT2D eigenvalue weighted by molar-refractivity contribution is 7.17. The molecule has 1 aliphatic rings. The summed E-state index contributed by atoms with van der Waals surface area (Å²) in [6.07, 6.45) is 8.11. The molecular formula is C21H23ClN4O4S. The van der Waals surface area contributed by atoms with Gasteiger partial charge in [0.1, 0.15) is 10.8 Å². The maximum Gasteiger partial charge on any atom is 0.341 e. The van der Waals surface area contributed by atoms with Gasteiger partial charge in [-0.1, -0.05) is 23.2 Å². The van der Waals surface area contributed by atoms with E-state index in [1.54, 1.807) is 24.7 Å². The number of ether oxygens (including phenoxy) is 1. The summed E-state index contributed by atoms with van der Waals surface area (Å²) in [4.78, 5) is 27.0. The number of halogens is 1. The molecule has 0 aromatic carbocycles. The van der Waals surface area contributed by atoms with Crippen molar-refractivity contribution in [3.8, 4) is 0 Å². The Bertz CT molecular complexity index is 1120. The van der Waals surface area contributed by atoms with Crippen molar-refractivity contribution < 1.29 is 18.8 Å². The monoisotopic (exact) mass is 462 g/mol. The van der Waals surface area contributed by atoms with Crippen LogP contribution in [0.5, 0.6) is 0 Å². The van der Waals surface area contributed by atoms with Crippen LogP contribution in [0.2, 0.25) is 5.02 Å². The molecule has 3 aromatic rings. The first-order valence-electron chi connectivity index (χ1n) is 10.2. The number of nitrogens with one attached hydrogen (secondary N) is 1. The summed E-state index contributed by atoms with van der Waals surface area (Å²) < 4.78 is 12.2. The molecule has 0 fully saturated rings. The first-order valence-corrected chi connectivity index (χ1v) is 11.4. The second kappa shape index (κ2) is 9.23. The van der Waals surface area contributed by atoms with Gasteiger partial charge in [0.05, 0.1) is 29.9 Å². The number of fused-ring (bicyclic) bond motifs is 1. The molecule has 0 atom stereocenters. The number of hydrogen-bond acceptors (Lipinski definition) is 7. The number of esters is 1. The molecule has 0 bridgehead atoms. The highest BCUT2D eigenvalue weighted by Crippen LogP contribution is 2.38. The van der Waals surface area contributed by atoms with Gasteiger partial charge < -0.3 is 14.6 Å². The van der Waals surface area contributed by atoms with Gasteiger partial charge in [-0.25, -0.2) is 4.79 Å². The molecule has 164 valence electrons. The molecule has 0 saturated heterocycles. The minimum Gasteiger partial charge on any atom is -0.462 e. The van der Waals surface area contributed by atoms with Crippen LogP contribution in [-0.4, -0.2) is 33.4 Å². The van der Waals surface area contributed by atoms with E-state index in [1.807, 2.05) is 0 Å². The van der Waals surface area contributed by atoms with Gasteiger partial charge in [-0.05, 0) is 45.1 Å². The standard InChI is InChI=1S/C21H23ClN4O4S/c1-3-29-21(28)17-14-7-5-4-6-8-16(14)31-20(17)24-19(27)18-15(12(2)30-25-18)11-26-10-13(22)9-23-26/h9-10H,3-8,11H2,1-2H3,(H,24,27). The SMILES string of the molecule is CCOC(=O)c1c(NC(=O)c2noc(C)c2Cn2cc(Cl)cn2)sc2c1CCCCC2.